The van der Waals surface area contributed by atoms with Crippen LogP contribution in [0, 0.1) is 0 Å². The van der Waals surface area contributed by atoms with Crippen LogP contribution in [0.15, 0.2) is 12.3 Å². The zero-order valence-corrected chi connectivity index (χ0v) is 10.3. The number of rotatable bonds is 0. The second-order valence-corrected chi connectivity index (χ2v) is 5.04. The van der Waals surface area contributed by atoms with Gasteiger partial charge in [0.25, 0.3) is 5.91 Å². The number of fused-ring (bicyclic) bond motifs is 5. The molecular formula is C14H13N3O2. The molecule has 96 valence electrons. The number of pyridine rings is 1. The lowest BCUT2D eigenvalue weighted by Gasteiger charge is -2.17. The van der Waals surface area contributed by atoms with Crippen molar-refractivity contribution in [2.24, 2.45) is 0 Å². The number of aromatic hydroxyl groups is 1. The molecule has 0 spiro atoms. The van der Waals surface area contributed by atoms with Gasteiger partial charge in [-0.05, 0) is 24.0 Å². The molecule has 2 aliphatic rings. The molecule has 1 amide bonds. The maximum Gasteiger partial charge on any atom is 0.253 e. The minimum absolute atomic E-state index is 0.0143. The van der Waals surface area contributed by atoms with E-state index >= 15 is 0 Å². The molecule has 2 aromatic heterocycles. The first kappa shape index (κ1) is 10.6. The summed E-state index contributed by atoms with van der Waals surface area (Å²) in [5, 5.41) is 12.5. The summed E-state index contributed by atoms with van der Waals surface area (Å²) in [6.07, 6.45) is 4.25. The highest BCUT2D eigenvalue weighted by molar-refractivity contribution is 6.00. The van der Waals surface area contributed by atoms with Crippen LogP contribution in [0.5, 0.6) is 5.88 Å². The van der Waals surface area contributed by atoms with Crippen LogP contribution in [0.1, 0.15) is 27.2 Å². The zero-order chi connectivity index (χ0) is 13.0. The highest BCUT2D eigenvalue weighted by Crippen LogP contribution is 2.37. The summed E-state index contributed by atoms with van der Waals surface area (Å²) >= 11 is 0. The zero-order valence-electron chi connectivity index (χ0n) is 10.3. The van der Waals surface area contributed by atoms with Gasteiger partial charge in [0, 0.05) is 36.5 Å². The Hall–Kier alpha value is -2.30. The largest absolute Gasteiger partial charge is 0.493 e. The van der Waals surface area contributed by atoms with Crippen LogP contribution in [0.25, 0.3) is 11.3 Å². The van der Waals surface area contributed by atoms with Gasteiger partial charge in [-0.2, -0.15) is 0 Å². The van der Waals surface area contributed by atoms with Crippen molar-refractivity contribution in [1.29, 1.82) is 0 Å². The lowest BCUT2D eigenvalue weighted by molar-refractivity contribution is 0.0945. The number of H-pyrrole nitrogens is 1. The number of aromatic nitrogens is 2. The van der Waals surface area contributed by atoms with Crippen molar-refractivity contribution in [3.63, 3.8) is 0 Å². The number of nitrogens with zero attached hydrogens (tertiary/aromatic N) is 1. The van der Waals surface area contributed by atoms with E-state index in [1.807, 2.05) is 0 Å². The number of carbonyl (C=O) groups excluding carboxylic acids is 1. The molecule has 0 saturated heterocycles. The third-order valence-electron chi connectivity index (χ3n) is 3.95. The molecule has 0 radical (unpaired) electrons. The maximum absolute atomic E-state index is 12.0. The molecule has 5 heteroatoms. The molecule has 0 aromatic carbocycles. The van der Waals surface area contributed by atoms with Crippen LogP contribution >= 0.6 is 0 Å². The molecule has 2 aromatic rings. The standard InChI is InChI=1S/C14H13N3O2/c18-11-5-9-7(6-16-11)1-2-8-12-10(17-13(8)9)3-4-15-14(12)19/h5-6,17H,1-4H2,(H,15,19)(H,16,18). The average Bonchev–Trinajstić information content (AvgIpc) is 2.79. The lowest BCUT2D eigenvalue weighted by atomic mass is 9.88. The highest BCUT2D eigenvalue weighted by Gasteiger charge is 2.29. The monoisotopic (exact) mass is 255 g/mol. The third-order valence-corrected chi connectivity index (χ3v) is 3.95. The summed E-state index contributed by atoms with van der Waals surface area (Å²) in [5.41, 5.74) is 5.95. The predicted octanol–water partition coefficient (Wildman–Crippen LogP) is 1.17. The van der Waals surface area contributed by atoms with Crippen molar-refractivity contribution in [3.05, 3.63) is 34.6 Å². The second-order valence-electron chi connectivity index (χ2n) is 5.04. The van der Waals surface area contributed by atoms with Crippen molar-refractivity contribution in [3.8, 4) is 17.1 Å². The van der Waals surface area contributed by atoms with Crippen LogP contribution in [0.4, 0.5) is 0 Å². The molecule has 19 heavy (non-hydrogen) atoms. The summed E-state index contributed by atoms with van der Waals surface area (Å²) in [5.74, 6) is 0.0316. The SMILES string of the molecule is O=C1NCCc2[nH]c3c(c21)CCc1cnc(O)cc1-3. The van der Waals surface area contributed by atoms with Gasteiger partial charge < -0.3 is 15.4 Å². The first-order chi connectivity index (χ1) is 9.24. The Balaban J connectivity index is 1.98. The fourth-order valence-electron chi connectivity index (χ4n) is 3.09. The molecule has 5 nitrogen and oxygen atoms in total. The van der Waals surface area contributed by atoms with Crippen LogP contribution < -0.4 is 5.32 Å². The van der Waals surface area contributed by atoms with Crippen LogP contribution in [-0.2, 0) is 19.3 Å². The van der Waals surface area contributed by atoms with Gasteiger partial charge in [-0.15, -0.1) is 0 Å². The minimum atomic E-state index is 0.0143. The Morgan fingerprint density at radius 1 is 1.26 bits per heavy atom. The van der Waals surface area contributed by atoms with Gasteiger partial charge in [0.15, 0.2) is 0 Å². The number of aryl methyl sites for hydroxylation is 1. The average molecular weight is 255 g/mol. The highest BCUT2D eigenvalue weighted by atomic mass is 16.3. The number of carbonyl (C=O) groups is 1. The molecule has 0 atom stereocenters. The molecule has 3 N–H and O–H groups in total. The van der Waals surface area contributed by atoms with Gasteiger partial charge in [-0.3, -0.25) is 4.79 Å². The summed E-state index contributed by atoms with van der Waals surface area (Å²) < 4.78 is 0. The molecule has 0 saturated carbocycles. The summed E-state index contributed by atoms with van der Waals surface area (Å²) in [4.78, 5) is 19.3. The number of aromatic amines is 1. The Morgan fingerprint density at radius 3 is 3.05 bits per heavy atom. The van der Waals surface area contributed by atoms with E-state index in [9.17, 15) is 9.90 Å². The molecular weight excluding hydrogens is 242 g/mol. The van der Waals surface area contributed by atoms with Crippen LogP contribution in [-0.4, -0.2) is 27.5 Å². The summed E-state index contributed by atoms with van der Waals surface area (Å²) in [6, 6.07) is 1.67. The summed E-state index contributed by atoms with van der Waals surface area (Å²) in [6.45, 7) is 0.680. The van der Waals surface area contributed by atoms with Crippen molar-refractivity contribution < 1.29 is 9.90 Å². The van der Waals surface area contributed by atoms with E-state index in [4.69, 9.17) is 0 Å². The maximum atomic E-state index is 12.0. The van der Waals surface area contributed by atoms with Crippen LogP contribution in [0.2, 0.25) is 0 Å². The number of hydrogen-bond donors (Lipinski definition) is 3. The van der Waals surface area contributed by atoms with E-state index in [-0.39, 0.29) is 11.8 Å². The molecule has 1 aliphatic carbocycles. The topological polar surface area (TPSA) is 78.0 Å². The first-order valence-corrected chi connectivity index (χ1v) is 6.44. The van der Waals surface area contributed by atoms with Gasteiger partial charge in [-0.25, -0.2) is 4.98 Å². The number of hydrogen-bond acceptors (Lipinski definition) is 3. The normalized spacial score (nSPS) is 16.3. The molecule has 0 bridgehead atoms. The third kappa shape index (κ3) is 1.41. The molecule has 0 fully saturated rings. The first-order valence-electron chi connectivity index (χ1n) is 6.44. The van der Waals surface area contributed by atoms with Gasteiger partial charge in [0.1, 0.15) is 0 Å². The Labute approximate surface area is 109 Å². The van der Waals surface area contributed by atoms with E-state index < -0.39 is 0 Å². The molecule has 4 rings (SSSR count). The molecule has 0 unspecified atom stereocenters. The number of nitrogens with one attached hydrogen (secondary N) is 2. The fraction of sp³-hybridized carbons (Fsp3) is 0.286. The number of amides is 1. The van der Waals surface area contributed by atoms with Crippen molar-refractivity contribution >= 4 is 5.91 Å². The van der Waals surface area contributed by atoms with Gasteiger partial charge >= 0.3 is 0 Å². The van der Waals surface area contributed by atoms with Gasteiger partial charge in [0.05, 0.1) is 11.3 Å². The van der Waals surface area contributed by atoms with E-state index in [2.05, 4.69) is 15.3 Å². The lowest BCUT2D eigenvalue weighted by Crippen LogP contribution is -2.32. The molecule has 3 heterocycles. The van der Waals surface area contributed by atoms with Crippen LogP contribution in [0.3, 0.4) is 0 Å². The van der Waals surface area contributed by atoms with Gasteiger partial charge in [-0.1, -0.05) is 0 Å². The van der Waals surface area contributed by atoms with E-state index in [0.717, 1.165) is 52.9 Å². The predicted molar refractivity (Wildman–Crippen MR) is 69.1 cm³/mol. The minimum Gasteiger partial charge on any atom is -0.493 e. The van der Waals surface area contributed by atoms with Gasteiger partial charge in [0.2, 0.25) is 5.88 Å². The van der Waals surface area contributed by atoms with E-state index in [1.54, 1.807) is 12.3 Å². The van der Waals surface area contributed by atoms with Crippen molar-refractivity contribution in [1.82, 2.24) is 15.3 Å². The quantitative estimate of drug-likeness (QED) is 0.661. The Kier molecular flexibility index (Phi) is 2.01. The Bertz CT molecular complexity index is 703. The fourth-order valence-corrected chi connectivity index (χ4v) is 3.09. The summed E-state index contributed by atoms with van der Waals surface area (Å²) in [7, 11) is 0. The smallest absolute Gasteiger partial charge is 0.253 e. The van der Waals surface area contributed by atoms with Crippen molar-refractivity contribution in [2.45, 2.75) is 19.3 Å². The van der Waals surface area contributed by atoms with E-state index in [0.29, 0.717) is 6.54 Å². The van der Waals surface area contributed by atoms with Crippen molar-refractivity contribution in [2.75, 3.05) is 6.54 Å². The second kappa shape index (κ2) is 3.60. The molecule has 1 aliphatic heterocycles. The van der Waals surface area contributed by atoms with E-state index in [1.165, 1.54) is 0 Å². The Morgan fingerprint density at radius 2 is 2.16 bits per heavy atom.